The van der Waals surface area contributed by atoms with Crippen molar-refractivity contribution in [3.63, 3.8) is 0 Å². The highest BCUT2D eigenvalue weighted by atomic mass is 127. The first-order valence-electron chi connectivity index (χ1n) is 5.69. The summed E-state index contributed by atoms with van der Waals surface area (Å²) in [5.41, 5.74) is 2.08. The smallest absolute Gasteiger partial charge is 0.100 e. The fourth-order valence-electron chi connectivity index (χ4n) is 1.60. The number of hydrogen-bond donors (Lipinski definition) is 0. The monoisotopic (exact) mass is 365 g/mol. The minimum atomic E-state index is 0.742. The maximum atomic E-state index is 9.14. The number of aryl methyl sites for hydroxylation is 1. The van der Waals surface area contributed by atoms with Crippen LogP contribution >= 0.6 is 34.4 Å². The second-order valence-electron chi connectivity index (χ2n) is 3.85. The Morgan fingerprint density at radius 1 is 1.17 bits per heavy atom. The van der Waals surface area contributed by atoms with Gasteiger partial charge in [-0.25, -0.2) is 0 Å². The van der Waals surface area contributed by atoms with E-state index in [9.17, 15) is 0 Å². The molecule has 2 aromatic carbocycles. The van der Waals surface area contributed by atoms with Crippen LogP contribution in [0.4, 0.5) is 0 Å². The van der Waals surface area contributed by atoms with Crippen molar-refractivity contribution in [2.75, 3.05) is 0 Å². The Labute approximate surface area is 125 Å². The average molecular weight is 365 g/mol. The molecule has 0 heterocycles. The molecule has 0 bridgehead atoms. The van der Waals surface area contributed by atoms with Crippen molar-refractivity contribution < 1.29 is 0 Å². The Hall–Kier alpha value is -0.990. The summed E-state index contributed by atoms with van der Waals surface area (Å²) in [5, 5.41) is 9.14. The van der Waals surface area contributed by atoms with E-state index >= 15 is 0 Å². The molecule has 0 unspecified atom stereocenters. The summed E-state index contributed by atoms with van der Waals surface area (Å²) >= 11 is 3.87. The molecule has 0 aliphatic heterocycles. The van der Waals surface area contributed by atoms with Crippen molar-refractivity contribution >= 4 is 34.4 Å². The van der Waals surface area contributed by atoms with E-state index in [-0.39, 0.29) is 0 Å². The molecule has 1 nitrogen and oxygen atoms in total. The highest BCUT2D eigenvalue weighted by Crippen LogP contribution is 2.31. The molecule has 0 aromatic heterocycles. The van der Waals surface area contributed by atoms with Gasteiger partial charge < -0.3 is 0 Å². The first-order chi connectivity index (χ1) is 8.72. The van der Waals surface area contributed by atoms with Gasteiger partial charge in [0.25, 0.3) is 0 Å². The maximum absolute atomic E-state index is 9.14. The van der Waals surface area contributed by atoms with Gasteiger partial charge in [0.2, 0.25) is 0 Å². The zero-order valence-electron chi connectivity index (χ0n) is 9.98. The van der Waals surface area contributed by atoms with Crippen LogP contribution in [-0.4, -0.2) is 0 Å². The molecule has 0 fully saturated rings. The number of benzene rings is 2. The minimum absolute atomic E-state index is 0.742. The van der Waals surface area contributed by atoms with E-state index in [4.69, 9.17) is 5.26 Å². The van der Waals surface area contributed by atoms with Gasteiger partial charge in [-0.1, -0.05) is 30.8 Å². The fraction of sp³-hybridized carbons (Fsp3) is 0.133. The third kappa shape index (κ3) is 3.27. The second-order valence-corrected chi connectivity index (χ2v) is 6.21. The van der Waals surface area contributed by atoms with Gasteiger partial charge in [0, 0.05) is 13.4 Å². The van der Waals surface area contributed by atoms with Crippen LogP contribution in [0, 0.1) is 14.9 Å². The van der Waals surface area contributed by atoms with Crippen molar-refractivity contribution in [2.24, 2.45) is 0 Å². The highest BCUT2D eigenvalue weighted by Gasteiger charge is 2.04. The maximum Gasteiger partial charge on any atom is 0.100 e. The van der Waals surface area contributed by atoms with Crippen molar-refractivity contribution in [3.8, 4) is 6.07 Å². The number of nitriles is 1. The van der Waals surface area contributed by atoms with Crippen LogP contribution in [0.5, 0.6) is 0 Å². The normalized spacial score (nSPS) is 10.1. The molecule has 3 heteroatoms. The van der Waals surface area contributed by atoms with E-state index in [2.05, 4.69) is 59.8 Å². The molecule has 90 valence electrons. The fourth-order valence-corrected chi connectivity index (χ4v) is 2.97. The molecule has 0 amide bonds. The summed E-state index contributed by atoms with van der Waals surface area (Å²) in [7, 11) is 0. The second kappa shape index (κ2) is 6.26. The highest BCUT2D eigenvalue weighted by molar-refractivity contribution is 14.1. The van der Waals surface area contributed by atoms with Gasteiger partial charge in [0.15, 0.2) is 0 Å². The summed E-state index contributed by atoms with van der Waals surface area (Å²) < 4.78 is 1.09. The minimum Gasteiger partial charge on any atom is -0.192 e. The average Bonchev–Trinajstić information content (AvgIpc) is 2.41. The number of nitrogens with zero attached hydrogens (tertiary/aromatic N) is 1. The summed E-state index contributed by atoms with van der Waals surface area (Å²) in [5.74, 6) is 0. The van der Waals surface area contributed by atoms with Crippen LogP contribution in [0.25, 0.3) is 0 Å². The number of halogens is 1. The third-order valence-corrected chi connectivity index (χ3v) is 4.38. The lowest BCUT2D eigenvalue weighted by Gasteiger charge is -2.05. The molecular formula is C15H12INS. The van der Waals surface area contributed by atoms with Crippen molar-refractivity contribution in [3.05, 3.63) is 57.2 Å². The molecule has 2 aromatic rings. The molecule has 0 saturated heterocycles. The van der Waals surface area contributed by atoms with E-state index in [1.54, 1.807) is 11.8 Å². The Morgan fingerprint density at radius 3 is 2.50 bits per heavy atom. The predicted molar refractivity (Wildman–Crippen MR) is 83.8 cm³/mol. The van der Waals surface area contributed by atoms with Gasteiger partial charge >= 0.3 is 0 Å². The molecule has 0 radical (unpaired) electrons. The lowest BCUT2D eigenvalue weighted by atomic mass is 10.2. The summed E-state index contributed by atoms with van der Waals surface area (Å²) in [6, 6.07) is 16.7. The molecule has 0 aliphatic carbocycles. The van der Waals surface area contributed by atoms with Gasteiger partial charge in [-0.05, 0) is 64.9 Å². The molecular weight excluding hydrogens is 353 g/mol. The quantitative estimate of drug-likeness (QED) is 0.724. The first kappa shape index (κ1) is 13.4. The van der Waals surface area contributed by atoms with Crippen LogP contribution in [0.1, 0.15) is 18.1 Å². The lowest BCUT2D eigenvalue weighted by molar-refractivity contribution is 1.13. The standard InChI is InChI=1S/C15H12INS/c1-2-11-3-6-14(7-4-11)18-15-8-5-13(16)9-12(15)10-17/h3-9H,2H2,1H3. The van der Waals surface area contributed by atoms with E-state index in [1.807, 2.05) is 18.2 Å². The van der Waals surface area contributed by atoms with Crippen LogP contribution in [-0.2, 0) is 6.42 Å². The molecule has 0 saturated carbocycles. The lowest BCUT2D eigenvalue weighted by Crippen LogP contribution is -1.84. The SMILES string of the molecule is CCc1ccc(Sc2ccc(I)cc2C#N)cc1. The van der Waals surface area contributed by atoms with Gasteiger partial charge in [0.1, 0.15) is 6.07 Å². The molecule has 0 N–H and O–H groups in total. The molecule has 18 heavy (non-hydrogen) atoms. The Kier molecular flexibility index (Phi) is 4.67. The van der Waals surface area contributed by atoms with E-state index in [0.717, 1.165) is 20.4 Å². The summed E-state index contributed by atoms with van der Waals surface area (Å²) in [6.07, 6.45) is 1.05. The Morgan fingerprint density at radius 2 is 1.89 bits per heavy atom. The van der Waals surface area contributed by atoms with Crippen molar-refractivity contribution in [2.45, 2.75) is 23.1 Å². The van der Waals surface area contributed by atoms with Crippen molar-refractivity contribution in [1.82, 2.24) is 0 Å². The van der Waals surface area contributed by atoms with Gasteiger partial charge in [0.05, 0.1) is 5.56 Å². The topological polar surface area (TPSA) is 23.8 Å². The third-order valence-electron chi connectivity index (χ3n) is 2.62. The molecule has 0 aliphatic rings. The molecule has 2 rings (SSSR count). The predicted octanol–water partition coefficient (Wildman–Crippen LogP) is 4.88. The largest absolute Gasteiger partial charge is 0.192 e. The zero-order chi connectivity index (χ0) is 13.0. The van der Waals surface area contributed by atoms with Crippen LogP contribution in [0.2, 0.25) is 0 Å². The Bertz CT molecular complexity index is 584. The van der Waals surface area contributed by atoms with Crippen LogP contribution in [0.15, 0.2) is 52.3 Å². The van der Waals surface area contributed by atoms with Gasteiger partial charge in [-0.2, -0.15) is 5.26 Å². The number of rotatable bonds is 3. The van der Waals surface area contributed by atoms with Gasteiger partial charge in [-0.3, -0.25) is 0 Å². The number of hydrogen-bond acceptors (Lipinski definition) is 2. The van der Waals surface area contributed by atoms with Gasteiger partial charge in [-0.15, -0.1) is 0 Å². The summed E-state index contributed by atoms with van der Waals surface area (Å²) in [6.45, 7) is 2.15. The summed E-state index contributed by atoms with van der Waals surface area (Å²) in [4.78, 5) is 2.19. The molecule has 0 spiro atoms. The first-order valence-corrected chi connectivity index (χ1v) is 7.59. The molecule has 0 atom stereocenters. The van der Waals surface area contributed by atoms with E-state index < -0.39 is 0 Å². The van der Waals surface area contributed by atoms with Crippen LogP contribution < -0.4 is 0 Å². The van der Waals surface area contributed by atoms with E-state index in [0.29, 0.717) is 0 Å². The zero-order valence-corrected chi connectivity index (χ0v) is 13.0. The Balaban J connectivity index is 2.25. The van der Waals surface area contributed by atoms with E-state index in [1.165, 1.54) is 10.5 Å². The van der Waals surface area contributed by atoms with Crippen LogP contribution in [0.3, 0.4) is 0 Å². The van der Waals surface area contributed by atoms with Crippen molar-refractivity contribution in [1.29, 1.82) is 5.26 Å².